The second-order valence-corrected chi connectivity index (χ2v) is 9.29. The summed E-state index contributed by atoms with van der Waals surface area (Å²) in [5.41, 5.74) is 2.44. The number of sulfonamides is 1. The number of nitrogens with one attached hydrogen (secondary N) is 3. The molecular weight excluding hydrogens is 470 g/mol. The van der Waals surface area contributed by atoms with Gasteiger partial charge in [0.15, 0.2) is 0 Å². The van der Waals surface area contributed by atoms with Crippen molar-refractivity contribution >= 4 is 27.7 Å². The molecule has 184 valence electrons. The Kier molecular flexibility index (Phi) is 8.45. The quantitative estimate of drug-likeness (QED) is 0.335. The van der Waals surface area contributed by atoms with E-state index in [-0.39, 0.29) is 16.7 Å². The van der Waals surface area contributed by atoms with E-state index < -0.39 is 28.5 Å². The van der Waals surface area contributed by atoms with Crippen molar-refractivity contribution in [2.45, 2.75) is 24.3 Å². The molecule has 1 atom stereocenters. The van der Waals surface area contributed by atoms with Crippen LogP contribution in [0.5, 0.6) is 5.75 Å². The lowest BCUT2D eigenvalue weighted by molar-refractivity contribution is -0.137. The van der Waals surface area contributed by atoms with Crippen molar-refractivity contribution in [1.29, 1.82) is 0 Å². The number of urea groups is 1. The van der Waals surface area contributed by atoms with Gasteiger partial charge in [-0.1, -0.05) is 48.5 Å². The Hall–Kier alpha value is -3.89. The molecule has 0 saturated heterocycles. The van der Waals surface area contributed by atoms with Gasteiger partial charge in [-0.25, -0.2) is 17.9 Å². The summed E-state index contributed by atoms with van der Waals surface area (Å²) in [6.45, 7) is 2.31. The maximum Gasteiger partial charge on any atom is 0.319 e. The third-order valence-corrected chi connectivity index (χ3v) is 6.64. The van der Waals surface area contributed by atoms with Gasteiger partial charge in [-0.05, 0) is 47.9 Å². The number of hydrogen-bond acceptors (Lipinski definition) is 5. The van der Waals surface area contributed by atoms with Gasteiger partial charge in [-0.15, -0.1) is 0 Å². The molecule has 0 bridgehead atoms. The number of anilines is 1. The zero-order chi connectivity index (χ0) is 25.4. The van der Waals surface area contributed by atoms with E-state index in [2.05, 4.69) is 15.4 Å². The van der Waals surface area contributed by atoms with Crippen LogP contribution in [0.2, 0.25) is 0 Å². The molecule has 3 aromatic rings. The van der Waals surface area contributed by atoms with Crippen LogP contribution < -0.4 is 20.1 Å². The van der Waals surface area contributed by atoms with Crippen LogP contribution >= 0.6 is 0 Å². The van der Waals surface area contributed by atoms with E-state index in [0.29, 0.717) is 23.4 Å². The largest absolute Gasteiger partial charge is 0.495 e. The minimum atomic E-state index is -4.16. The Labute approximate surface area is 204 Å². The Bertz CT molecular complexity index is 1280. The molecule has 0 aliphatic carbocycles. The summed E-state index contributed by atoms with van der Waals surface area (Å²) in [4.78, 5) is 23.0. The zero-order valence-electron chi connectivity index (χ0n) is 19.3. The molecule has 3 aromatic carbocycles. The van der Waals surface area contributed by atoms with Crippen LogP contribution in [0.1, 0.15) is 24.9 Å². The first-order valence-corrected chi connectivity index (χ1v) is 12.3. The van der Waals surface area contributed by atoms with E-state index in [0.717, 1.165) is 5.56 Å². The molecule has 3 rings (SSSR count). The number of carbonyl (C=O) groups excluding carboxylic acids is 1. The van der Waals surface area contributed by atoms with Crippen LogP contribution in [0.15, 0.2) is 77.7 Å². The molecule has 0 saturated carbocycles. The molecule has 0 spiro atoms. The number of carbonyl (C=O) groups is 2. The third kappa shape index (κ3) is 6.81. The van der Waals surface area contributed by atoms with Crippen molar-refractivity contribution in [2.24, 2.45) is 0 Å². The van der Waals surface area contributed by atoms with Gasteiger partial charge in [-0.3, -0.25) is 4.79 Å². The smallest absolute Gasteiger partial charge is 0.319 e. The van der Waals surface area contributed by atoms with Crippen molar-refractivity contribution in [2.75, 3.05) is 19.0 Å². The zero-order valence-corrected chi connectivity index (χ0v) is 20.1. The summed E-state index contributed by atoms with van der Waals surface area (Å²) in [5, 5.41) is 14.7. The summed E-state index contributed by atoms with van der Waals surface area (Å²) in [7, 11) is -2.80. The lowest BCUT2D eigenvalue weighted by Gasteiger charge is -2.19. The molecule has 0 aliphatic heterocycles. The predicted molar refractivity (Wildman–Crippen MR) is 133 cm³/mol. The fourth-order valence-electron chi connectivity index (χ4n) is 3.49. The average Bonchev–Trinajstić information content (AvgIpc) is 2.84. The van der Waals surface area contributed by atoms with Crippen LogP contribution in [0.3, 0.4) is 0 Å². The Morgan fingerprint density at radius 1 is 0.971 bits per heavy atom. The Morgan fingerprint density at radius 3 is 2.23 bits per heavy atom. The van der Waals surface area contributed by atoms with E-state index in [4.69, 9.17) is 4.74 Å². The minimum absolute atomic E-state index is 0.117. The van der Waals surface area contributed by atoms with Gasteiger partial charge >= 0.3 is 12.0 Å². The van der Waals surface area contributed by atoms with Gasteiger partial charge in [0.2, 0.25) is 10.0 Å². The van der Waals surface area contributed by atoms with Crippen LogP contribution in [0, 0.1) is 0 Å². The molecule has 2 amide bonds. The molecule has 0 aliphatic rings. The molecule has 0 aromatic heterocycles. The Morgan fingerprint density at radius 2 is 1.63 bits per heavy atom. The maximum absolute atomic E-state index is 13.4. The highest BCUT2D eigenvalue weighted by Gasteiger charge is 2.26. The summed E-state index contributed by atoms with van der Waals surface area (Å²) in [5.74, 6) is -1.01. The normalized spacial score (nSPS) is 11.9. The van der Waals surface area contributed by atoms with Gasteiger partial charge in [-0.2, -0.15) is 0 Å². The Balaban J connectivity index is 1.92. The lowest BCUT2D eigenvalue weighted by atomic mass is 10.1. The highest BCUT2D eigenvalue weighted by atomic mass is 32.2. The number of carboxylic acids is 1. The first kappa shape index (κ1) is 25.7. The molecule has 1 unspecified atom stereocenters. The van der Waals surface area contributed by atoms with Gasteiger partial charge in [0.05, 0.1) is 19.6 Å². The first-order valence-electron chi connectivity index (χ1n) is 10.9. The SMILES string of the molecule is CCNC(=O)Nc1ccc(-c2ccc(OC)c(S(=O)(=O)NC(CC(=O)O)c3ccccc3)c2)cc1. The second kappa shape index (κ2) is 11.5. The molecular formula is C25H27N3O6S. The molecule has 0 radical (unpaired) electrons. The summed E-state index contributed by atoms with van der Waals surface area (Å²) in [6.07, 6.45) is -0.425. The van der Waals surface area contributed by atoms with Gasteiger partial charge < -0.3 is 20.5 Å². The van der Waals surface area contributed by atoms with Crippen molar-refractivity contribution in [3.8, 4) is 16.9 Å². The second-order valence-electron chi connectivity index (χ2n) is 7.61. The summed E-state index contributed by atoms with van der Waals surface area (Å²) >= 11 is 0. The molecule has 0 heterocycles. The van der Waals surface area contributed by atoms with Crippen LogP contribution in [-0.4, -0.2) is 39.2 Å². The minimum Gasteiger partial charge on any atom is -0.495 e. The maximum atomic E-state index is 13.4. The van der Waals surface area contributed by atoms with Gasteiger partial charge in [0, 0.05) is 12.2 Å². The number of aliphatic carboxylic acids is 1. The third-order valence-electron chi connectivity index (χ3n) is 5.14. The van der Waals surface area contributed by atoms with Gasteiger partial charge in [0.25, 0.3) is 0 Å². The average molecular weight is 498 g/mol. The van der Waals surface area contributed by atoms with Gasteiger partial charge in [0.1, 0.15) is 10.6 Å². The molecule has 4 N–H and O–H groups in total. The van der Waals surface area contributed by atoms with Crippen molar-refractivity contribution in [1.82, 2.24) is 10.0 Å². The molecule has 10 heteroatoms. The molecule has 0 fully saturated rings. The summed E-state index contributed by atoms with van der Waals surface area (Å²) in [6, 6.07) is 18.9. The topological polar surface area (TPSA) is 134 Å². The highest BCUT2D eigenvalue weighted by molar-refractivity contribution is 7.89. The number of rotatable bonds is 10. The lowest BCUT2D eigenvalue weighted by Crippen LogP contribution is -2.30. The van der Waals surface area contributed by atoms with Crippen molar-refractivity contribution in [3.05, 3.63) is 78.4 Å². The van der Waals surface area contributed by atoms with E-state index in [1.54, 1.807) is 66.7 Å². The predicted octanol–water partition coefficient (Wildman–Crippen LogP) is 4.00. The highest BCUT2D eigenvalue weighted by Crippen LogP contribution is 2.32. The number of methoxy groups -OCH3 is 1. The number of ether oxygens (including phenoxy) is 1. The van der Waals surface area contributed by atoms with Crippen LogP contribution in [0.25, 0.3) is 11.1 Å². The fourth-order valence-corrected chi connectivity index (χ4v) is 4.91. The van der Waals surface area contributed by atoms with Crippen molar-refractivity contribution < 1.29 is 27.9 Å². The van der Waals surface area contributed by atoms with Crippen LogP contribution in [0.4, 0.5) is 10.5 Å². The van der Waals surface area contributed by atoms with E-state index in [9.17, 15) is 23.1 Å². The summed E-state index contributed by atoms with van der Waals surface area (Å²) < 4.78 is 34.5. The fraction of sp³-hybridized carbons (Fsp3) is 0.200. The monoisotopic (exact) mass is 497 g/mol. The number of benzene rings is 3. The molecule has 9 nitrogen and oxygen atoms in total. The molecule has 35 heavy (non-hydrogen) atoms. The first-order chi connectivity index (χ1) is 16.7. The number of carboxylic acid groups (broad SMARTS) is 1. The van der Waals surface area contributed by atoms with Crippen molar-refractivity contribution in [3.63, 3.8) is 0 Å². The van der Waals surface area contributed by atoms with Crippen LogP contribution in [-0.2, 0) is 14.8 Å². The van der Waals surface area contributed by atoms with E-state index in [1.165, 1.54) is 13.2 Å². The number of amides is 2. The van der Waals surface area contributed by atoms with E-state index in [1.807, 2.05) is 6.92 Å². The number of hydrogen-bond donors (Lipinski definition) is 4. The standard InChI is InChI=1S/C25H27N3O6S/c1-3-26-25(31)27-20-12-9-17(10-13-20)19-11-14-22(34-2)23(15-19)35(32,33)28-21(16-24(29)30)18-7-5-4-6-8-18/h4-15,21,28H,3,16H2,1-2H3,(H,29,30)(H2,26,27,31). The van der Waals surface area contributed by atoms with E-state index >= 15 is 0 Å².